The number of hydrogen-bond acceptors (Lipinski definition) is 2. The van der Waals surface area contributed by atoms with E-state index in [0.717, 1.165) is 29.4 Å². The predicted molar refractivity (Wildman–Crippen MR) is 76.2 cm³/mol. The first-order chi connectivity index (χ1) is 8.56. The molecule has 2 atom stereocenters. The first-order valence-corrected chi connectivity index (χ1v) is 7.18. The lowest BCUT2D eigenvalue weighted by atomic mass is 9.85. The van der Waals surface area contributed by atoms with E-state index in [1.54, 1.807) is 0 Å². The molecule has 0 heterocycles. The van der Waals surface area contributed by atoms with Crippen molar-refractivity contribution in [3.63, 3.8) is 0 Å². The number of nitrogens with one attached hydrogen (secondary N) is 1. The maximum atomic E-state index is 11.0. The van der Waals surface area contributed by atoms with Crippen molar-refractivity contribution >= 4 is 39.2 Å². The molecule has 1 saturated carbocycles. The summed E-state index contributed by atoms with van der Waals surface area (Å²) in [4.78, 5) is 11.0. The molecule has 0 radical (unpaired) electrons. The van der Waals surface area contributed by atoms with E-state index in [1.165, 1.54) is 0 Å². The lowest BCUT2D eigenvalue weighted by Crippen LogP contribution is -2.30. The number of hydrogen-bond donors (Lipinski definition) is 2. The molecule has 1 aromatic rings. The van der Waals surface area contributed by atoms with Crippen LogP contribution in [-0.4, -0.2) is 17.1 Å². The van der Waals surface area contributed by atoms with Crippen molar-refractivity contribution in [1.29, 1.82) is 0 Å². The third-order valence-corrected chi connectivity index (χ3v) is 4.53. The molecule has 1 aliphatic carbocycles. The van der Waals surface area contributed by atoms with Gasteiger partial charge in [-0.1, -0.05) is 18.0 Å². The van der Waals surface area contributed by atoms with E-state index in [2.05, 4.69) is 21.2 Å². The Balaban J connectivity index is 2.00. The van der Waals surface area contributed by atoms with Crippen LogP contribution in [0.15, 0.2) is 22.7 Å². The highest BCUT2D eigenvalue weighted by Crippen LogP contribution is 2.29. The van der Waals surface area contributed by atoms with Crippen molar-refractivity contribution in [3.8, 4) is 0 Å². The van der Waals surface area contributed by atoms with Crippen LogP contribution in [0.3, 0.4) is 0 Å². The first kappa shape index (κ1) is 13.7. The van der Waals surface area contributed by atoms with E-state index >= 15 is 0 Å². The second-order valence-electron chi connectivity index (χ2n) is 4.67. The molecule has 2 rings (SSSR count). The van der Waals surface area contributed by atoms with Crippen LogP contribution in [-0.2, 0) is 4.79 Å². The fourth-order valence-electron chi connectivity index (χ4n) is 2.37. The third kappa shape index (κ3) is 3.39. The molecule has 18 heavy (non-hydrogen) atoms. The standard InChI is InChI=1S/C13H15BrClNO2/c14-11-7-10(4-5-12(11)15)16-9-3-1-2-8(6-9)13(17)18/h4-5,7-9,16H,1-3,6H2,(H,17,18). The van der Waals surface area contributed by atoms with Crippen LogP contribution < -0.4 is 5.32 Å². The van der Waals surface area contributed by atoms with Crippen LogP contribution in [0.4, 0.5) is 5.69 Å². The molecule has 2 N–H and O–H groups in total. The molecular weight excluding hydrogens is 318 g/mol. The molecule has 1 aromatic carbocycles. The van der Waals surface area contributed by atoms with E-state index in [-0.39, 0.29) is 12.0 Å². The number of benzene rings is 1. The largest absolute Gasteiger partial charge is 0.481 e. The lowest BCUT2D eigenvalue weighted by Gasteiger charge is -2.28. The van der Waals surface area contributed by atoms with Gasteiger partial charge in [-0.15, -0.1) is 0 Å². The fraction of sp³-hybridized carbons (Fsp3) is 0.462. The average Bonchev–Trinajstić information content (AvgIpc) is 2.34. The maximum absolute atomic E-state index is 11.0. The number of anilines is 1. The Kier molecular flexibility index (Phi) is 4.51. The number of carboxylic acids is 1. The third-order valence-electron chi connectivity index (χ3n) is 3.31. The second-order valence-corrected chi connectivity index (χ2v) is 5.93. The zero-order valence-electron chi connectivity index (χ0n) is 9.83. The van der Waals surface area contributed by atoms with Gasteiger partial charge in [0.05, 0.1) is 10.9 Å². The minimum absolute atomic E-state index is 0.216. The normalized spacial score (nSPS) is 23.7. The minimum Gasteiger partial charge on any atom is -0.481 e. The molecule has 0 aliphatic heterocycles. The first-order valence-electron chi connectivity index (χ1n) is 6.00. The Morgan fingerprint density at radius 2 is 2.22 bits per heavy atom. The summed E-state index contributed by atoms with van der Waals surface area (Å²) in [6, 6.07) is 5.89. The average molecular weight is 333 g/mol. The zero-order chi connectivity index (χ0) is 13.1. The molecule has 1 aliphatic rings. The van der Waals surface area contributed by atoms with Crippen molar-refractivity contribution in [2.24, 2.45) is 5.92 Å². The van der Waals surface area contributed by atoms with E-state index in [4.69, 9.17) is 16.7 Å². The van der Waals surface area contributed by atoms with Gasteiger partial charge < -0.3 is 10.4 Å². The Morgan fingerprint density at radius 1 is 1.44 bits per heavy atom. The molecule has 0 aromatic heterocycles. The minimum atomic E-state index is -0.682. The Morgan fingerprint density at radius 3 is 2.89 bits per heavy atom. The summed E-state index contributed by atoms with van der Waals surface area (Å²) in [6.07, 6.45) is 3.46. The van der Waals surface area contributed by atoms with Gasteiger partial charge >= 0.3 is 5.97 Å². The summed E-state index contributed by atoms with van der Waals surface area (Å²) < 4.78 is 0.847. The van der Waals surface area contributed by atoms with Gasteiger partial charge in [-0.3, -0.25) is 4.79 Å². The monoisotopic (exact) mass is 331 g/mol. The highest BCUT2D eigenvalue weighted by atomic mass is 79.9. The maximum Gasteiger partial charge on any atom is 0.306 e. The van der Waals surface area contributed by atoms with Gasteiger partial charge in [-0.05, 0) is 53.4 Å². The van der Waals surface area contributed by atoms with Gasteiger partial charge in [0.1, 0.15) is 0 Å². The summed E-state index contributed by atoms with van der Waals surface area (Å²) in [7, 11) is 0. The van der Waals surface area contributed by atoms with Crippen LogP contribution in [0.2, 0.25) is 5.02 Å². The summed E-state index contributed by atoms with van der Waals surface area (Å²) in [5, 5.41) is 13.1. The van der Waals surface area contributed by atoms with Crippen molar-refractivity contribution in [1.82, 2.24) is 0 Å². The number of aliphatic carboxylic acids is 1. The van der Waals surface area contributed by atoms with Gasteiger partial charge in [0.25, 0.3) is 0 Å². The predicted octanol–water partition coefficient (Wildman–Crippen LogP) is 4.16. The molecule has 98 valence electrons. The number of halogens is 2. The van der Waals surface area contributed by atoms with E-state index in [1.807, 2.05) is 18.2 Å². The number of carbonyl (C=O) groups is 1. The van der Waals surface area contributed by atoms with Crippen LogP contribution in [0, 0.1) is 5.92 Å². The SMILES string of the molecule is O=C(O)C1CCCC(Nc2ccc(Cl)c(Br)c2)C1. The summed E-state index contributed by atoms with van der Waals surface area (Å²) >= 11 is 9.32. The van der Waals surface area contributed by atoms with Crippen LogP contribution in [0.1, 0.15) is 25.7 Å². The van der Waals surface area contributed by atoms with Crippen molar-refractivity contribution in [3.05, 3.63) is 27.7 Å². The van der Waals surface area contributed by atoms with Crippen molar-refractivity contribution < 1.29 is 9.90 Å². The molecule has 0 amide bonds. The molecule has 0 bridgehead atoms. The summed E-state index contributed by atoms with van der Waals surface area (Å²) in [5.41, 5.74) is 0.974. The van der Waals surface area contributed by atoms with Crippen LogP contribution in [0.25, 0.3) is 0 Å². The smallest absolute Gasteiger partial charge is 0.306 e. The molecule has 1 fully saturated rings. The number of carboxylic acid groups (broad SMARTS) is 1. The molecule has 0 saturated heterocycles. The second kappa shape index (κ2) is 5.93. The quantitative estimate of drug-likeness (QED) is 0.874. The van der Waals surface area contributed by atoms with Gasteiger partial charge in [-0.25, -0.2) is 0 Å². The Labute approximate surface area is 120 Å². The molecule has 3 nitrogen and oxygen atoms in total. The van der Waals surface area contributed by atoms with E-state index in [9.17, 15) is 4.79 Å². The van der Waals surface area contributed by atoms with Crippen molar-refractivity contribution in [2.45, 2.75) is 31.7 Å². The Hall–Kier alpha value is -0.740. The Bertz CT molecular complexity index is 453. The zero-order valence-corrected chi connectivity index (χ0v) is 12.2. The lowest BCUT2D eigenvalue weighted by molar-refractivity contribution is -0.142. The summed E-state index contributed by atoms with van der Waals surface area (Å²) in [6.45, 7) is 0. The molecule has 5 heteroatoms. The molecule has 0 spiro atoms. The van der Waals surface area contributed by atoms with Crippen LogP contribution in [0.5, 0.6) is 0 Å². The van der Waals surface area contributed by atoms with Gasteiger partial charge in [0, 0.05) is 16.2 Å². The van der Waals surface area contributed by atoms with Gasteiger partial charge in [0.15, 0.2) is 0 Å². The van der Waals surface area contributed by atoms with Crippen LogP contribution >= 0.6 is 27.5 Å². The van der Waals surface area contributed by atoms with E-state index in [0.29, 0.717) is 11.4 Å². The van der Waals surface area contributed by atoms with E-state index < -0.39 is 5.97 Å². The summed E-state index contributed by atoms with van der Waals surface area (Å²) in [5.74, 6) is -0.897. The van der Waals surface area contributed by atoms with Gasteiger partial charge in [0.2, 0.25) is 0 Å². The topological polar surface area (TPSA) is 49.3 Å². The highest BCUT2D eigenvalue weighted by Gasteiger charge is 2.26. The van der Waals surface area contributed by atoms with Gasteiger partial charge in [-0.2, -0.15) is 0 Å². The fourth-order valence-corrected chi connectivity index (χ4v) is 2.86. The van der Waals surface area contributed by atoms with Crippen molar-refractivity contribution in [2.75, 3.05) is 5.32 Å². The highest BCUT2D eigenvalue weighted by molar-refractivity contribution is 9.10. The molecule has 2 unspecified atom stereocenters. The number of rotatable bonds is 3. The molecular formula is C13H15BrClNO2.